The second-order valence-electron chi connectivity index (χ2n) is 7.42. The van der Waals surface area contributed by atoms with Gasteiger partial charge in [0.15, 0.2) is 0 Å². The summed E-state index contributed by atoms with van der Waals surface area (Å²) in [5, 5.41) is 17.1. The molecule has 32 heavy (non-hydrogen) atoms. The number of benzene rings is 2. The van der Waals surface area contributed by atoms with Crippen LogP contribution in [-0.2, 0) is 14.8 Å². The number of aryl methyl sites for hydroxylation is 1. The van der Waals surface area contributed by atoms with Gasteiger partial charge in [0, 0.05) is 43.8 Å². The first kappa shape index (κ1) is 25.2. The van der Waals surface area contributed by atoms with Crippen LogP contribution in [0.15, 0.2) is 59.1 Å². The van der Waals surface area contributed by atoms with Gasteiger partial charge >= 0.3 is 0 Å². The zero-order valence-corrected chi connectivity index (χ0v) is 19.5. The van der Waals surface area contributed by atoms with E-state index >= 15 is 0 Å². The average Bonchev–Trinajstić information content (AvgIpc) is 2.74. The summed E-state index contributed by atoms with van der Waals surface area (Å²) in [6, 6.07) is 13.7. The first-order chi connectivity index (χ1) is 14.7. The minimum atomic E-state index is -3.81. The third-order valence-corrected chi connectivity index (χ3v) is 6.28. The number of carbonyl (C=O) groups is 1. The fraction of sp³-hybridized carbons (Fsp3) is 0.273. The first-order valence-corrected chi connectivity index (χ1v) is 11.3. The lowest BCUT2D eigenvalue weighted by atomic mass is 10.1. The molecule has 2 aromatic carbocycles. The molecule has 1 aliphatic heterocycles. The Morgan fingerprint density at radius 2 is 1.72 bits per heavy atom. The highest BCUT2D eigenvalue weighted by Crippen LogP contribution is 2.24. The van der Waals surface area contributed by atoms with Crippen molar-refractivity contribution in [2.45, 2.75) is 18.7 Å². The molecule has 1 aliphatic rings. The summed E-state index contributed by atoms with van der Waals surface area (Å²) in [5.74, 6) is -0.553. The lowest BCUT2D eigenvalue weighted by Crippen LogP contribution is -2.44. The Kier molecular flexibility index (Phi) is 8.27. The number of piperazine rings is 1. The van der Waals surface area contributed by atoms with Crippen molar-refractivity contribution in [1.82, 2.24) is 4.90 Å². The number of anilines is 2. The van der Waals surface area contributed by atoms with Crippen LogP contribution in [0.4, 0.5) is 11.4 Å². The van der Waals surface area contributed by atoms with Crippen molar-refractivity contribution < 1.29 is 13.2 Å². The van der Waals surface area contributed by atoms with Gasteiger partial charge in [-0.15, -0.1) is 12.4 Å². The minimum absolute atomic E-state index is 0. The van der Waals surface area contributed by atoms with Gasteiger partial charge < -0.3 is 15.1 Å². The number of halogens is 1. The van der Waals surface area contributed by atoms with Crippen LogP contribution < -0.4 is 15.4 Å². The van der Waals surface area contributed by atoms with Gasteiger partial charge in [-0.1, -0.05) is 12.1 Å². The molecule has 0 saturated carbocycles. The first-order valence-electron chi connectivity index (χ1n) is 9.80. The van der Waals surface area contributed by atoms with Crippen molar-refractivity contribution in [2.75, 3.05) is 36.4 Å². The van der Waals surface area contributed by atoms with Crippen LogP contribution in [0.2, 0.25) is 0 Å². The standard InChI is InChI=1S/C22H25N5O3S.ClH/c1-16-4-3-5-21(17(16)2)27-12-10-26(11-13-27)15-18(14-23)22(28)25-19-6-8-20(9-7-19)31(24,29)30;/h3-9,15H,10-13H2,1-2H3,(H,25,28)(H2,24,29,30);1H/b18-15-;. The number of nitrogens with zero attached hydrogens (tertiary/aromatic N) is 3. The van der Waals surface area contributed by atoms with Crippen LogP contribution in [-0.4, -0.2) is 45.4 Å². The second-order valence-corrected chi connectivity index (χ2v) is 8.98. The molecule has 8 nitrogen and oxygen atoms in total. The molecule has 1 amide bonds. The van der Waals surface area contributed by atoms with Crippen molar-refractivity contribution in [1.29, 1.82) is 5.26 Å². The molecular formula is C22H26ClN5O3S. The maximum absolute atomic E-state index is 12.5. The molecule has 0 unspecified atom stereocenters. The van der Waals surface area contributed by atoms with E-state index in [9.17, 15) is 18.5 Å². The Morgan fingerprint density at radius 1 is 1.09 bits per heavy atom. The Bertz CT molecular complexity index is 1150. The van der Waals surface area contributed by atoms with Crippen molar-refractivity contribution in [3.63, 3.8) is 0 Å². The third kappa shape index (κ3) is 6.01. The van der Waals surface area contributed by atoms with E-state index in [-0.39, 0.29) is 22.9 Å². The number of rotatable bonds is 5. The number of nitriles is 1. The van der Waals surface area contributed by atoms with E-state index in [1.54, 1.807) is 6.20 Å². The Labute approximate surface area is 194 Å². The summed E-state index contributed by atoms with van der Waals surface area (Å²) in [6.45, 7) is 7.17. The number of hydrogen-bond donors (Lipinski definition) is 2. The summed E-state index contributed by atoms with van der Waals surface area (Å²) in [4.78, 5) is 16.7. The lowest BCUT2D eigenvalue weighted by Gasteiger charge is -2.36. The summed E-state index contributed by atoms with van der Waals surface area (Å²) in [5.41, 5.74) is 4.08. The van der Waals surface area contributed by atoms with Gasteiger partial charge in [-0.2, -0.15) is 5.26 Å². The maximum Gasteiger partial charge on any atom is 0.267 e. The molecule has 1 fully saturated rings. The topological polar surface area (TPSA) is 120 Å². The summed E-state index contributed by atoms with van der Waals surface area (Å²) in [7, 11) is -3.81. The summed E-state index contributed by atoms with van der Waals surface area (Å²) in [6.07, 6.45) is 1.58. The second kappa shape index (κ2) is 10.5. The van der Waals surface area contributed by atoms with Gasteiger partial charge in [-0.05, 0) is 55.3 Å². The molecule has 3 N–H and O–H groups in total. The SMILES string of the molecule is Cc1cccc(N2CCN(/C=C(/C#N)C(=O)Nc3ccc(S(N)(=O)=O)cc3)CC2)c1C.Cl. The van der Waals surface area contributed by atoms with E-state index in [4.69, 9.17) is 5.14 Å². The maximum atomic E-state index is 12.5. The number of nitrogens with two attached hydrogens (primary N) is 1. The molecule has 10 heteroatoms. The van der Waals surface area contributed by atoms with Gasteiger partial charge in [0.25, 0.3) is 5.91 Å². The fourth-order valence-corrected chi connectivity index (χ4v) is 3.93. The van der Waals surface area contributed by atoms with E-state index in [2.05, 4.69) is 42.3 Å². The highest BCUT2D eigenvalue weighted by atomic mass is 35.5. The molecule has 2 aromatic rings. The number of amides is 1. The number of hydrogen-bond acceptors (Lipinski definition) is 6. The molecule has 0 aliphatic carbocycles. The number of primary sulfonamides is 1. The molecule has 1 saturated heterocycles. The molecule has 0 atom stereocenters. The monoisotopic (exact) mass is 475 g/mol. The normalized spacial score (nSPS) is 14.4. The number of carbonyl (C=O) groups excluding carboxylic acids is 1. The zero-order valence-electron chi connectivity index (χ0n) is 17.9. The summed E-state index contributed by atoms with van der Waals surface area (Å²) >= 11 is 0. The zero-order chi connectivity index (χ0) is 22.6. The minimum Gasteiger partial charge on any atom is -0.373 e. The molecule has 3 rings (SSSR count). The van der Waals surface area contributed by atoms with Crippen LogP contribution >= 0.6 is 12.4 Å². The predicted octanol–water partition coefficient (Wildman–Crippen LogP) is 2.54. The van der Waals surface area contributed by atoms with Crippen LogP contribution in [0.3, 0.4) is 0 Å². The van der Waals surface area contributed by atoms with Crippen LogP contribution in [0.5, 0.6) is 0 Å². The largest absolute Gasteiger partial charge is 0.373 e. The smallest absolute Gasteiger partial charge is 0.267 e. The van der Waals surface area contributed by atoms with E-state index in [0.29, 0.717) is 18.8 Å². The molecule has 0 aromatic heterocycles. The third-order valence-electron chi connectivity index (χ3n) is 5.35. The van der Waals surface area contributed by atoms with Gasteiger partial charge in [0.2, 0.25) is 10.0 Å². The molecule has 170 valence electrons. The van der Waals surface area contributed by atoms with Crippen LogP contribution in [0, 0.1) is 25.2 Å². The van der Waals surface area contributed by atoms with E-state index in [1.807, 2.05) is 11.0 Å². The molecule has 0 spiro atoms. The highest BCUT2D eigenvalue weighted by Gasteiger charge is 2.19. The Balaban J connectivity index is 0.00000363. The molecule has 1 heterocycles. The molecular weight excluding hydrogens is 450 g/mol. The van der Waals surface area contributed by atoms with Gasteiger partial charge in [0.1, 0.15) is 11.6 Å². The Morgan fingerprint density at radius 3 is 2.28 bits per heavy atom. The highest BCUT2D eigenvalue weighted by molar-refractivity contribution is 7.89. The van der Waals surface area contributed by atoms with E-state index < -0.39 is 15.9 Å². The van der Waals surface area contributed by atoms with Crippen LogP contribution in [0.1, 0.15) is 11.1 Å². The number of nitrogens with one attached hydrogen (secondary N) is 1. The predicted molar refractivity (Wildman–Crippen MR) is 127 cm³/mol. The van der Waals surface area contributed by atoms with Gasteiger partial charge in [0.05, 0.1) is 4.90 Å². The molecule has 0 radical (unpaired) electrons. The van der Waals surface area contributed by atoms with Gasteiger partial charge in [-0.25, -0.2) is 13.6 Å². The van der Waals surface area contributed by atoms with Gasteiger partial charge in [-0.3, -0.25) is 4.79 Å². The quantitative estimate of drug-likeness (QED) is 0.506. The van der Waals surface area contributed by atoms with E-state index in [0.717, 1.165) is 13.1 Å². The van der Waals surface area contributed by atoms with Crippen molar-refractivity contribution in [2.24, 2.45) is 5.14 Å². The molecule has 0 bridgehead atoms. The fourth-order valence-electron chi connectivity index (χ4n) is 3.42. The van der Waals surface area contributed by atoms with Crippen LogP contribution in [0.25, 0.3) is 0 Å². The van der Waals surface area contributed by atoms with Crippen molar-refractivity contribution in [3.05, 3.63) is 65.4 Å². The Hall–Kier alpha value is -3.06. The van der Waals surface area contributed by atoms with E-state index in [1.165, 1.54) is 41.1 Å². The summed E-state index contributed by atoms with van der Waals surface area (Å²) < 4.78 is 22.6. The lowest BCUT2D eigenvalue weighted by molar-refractivity contribution is -0.112. The average molecular weight is 476 g/mol. The van der Waals surface area contributed by atoms with Crippen molar-refractivity contribution >= 4 is 39.7 Å². The van der Waals surface area contributed by atoms with Crippen molar-refractivity contribution in [3.8, 4) is 6.07 Å². The number of sulfonamides is 1.